The van der Waals surface area contributed by atoms with E-state index in [2.05, 4.69) is 10.3 Å². The van der Waals surface area contributed by atoms with Gasteiger partial charge in [-0.25, -0.2) is 9.78 Å². The van der Waals surface area contributed by atoms with Gasteiger partial charge >= 0.3 is 5.97 Å². The van der Waals surface area contributed by atoms with Crippen LogP contribution in [0.1, 0.15) is 30.1 Å². The Morgan fingerprint density at radius 2 is 2.00 bits per heavy atom. The largest absolute Gasteiger partial charge is 0.462 e. The van der Waals surface area contributed by atoms with Crippen LogP contribution in [-0.2, 0) is 20.8 Å². The highest BCUT2D eigenvalue weighted by atomic mass is 32.2. The van der Waals surface area contributed by atoms with Crippen molar-refractivity contribution in [1.29, 1.82) is 0 Å². The van der Waals surface area contributed by atoms with E-state index in [4.69, 9.17) is 9.47 Å². The summed E-state index contributed by atoms with van der Waals surface area (Å²) in [5.74, 6) is -0.567. The summed E-state index contributed by atoms with van der Waals surface area (Å²) in [5.41, 5.74) is 1.46. The minimum Gasteiger partial charge on any atom is -0.462 e. The first-order valence-electron chi connectivity index (χ1n) is 10.9. The van der Waals surface area contributed by atoms with Crippen molar-refractivity contribution in [2.75, 3.05) is 24.3 Å². The van der Waals surface area contributed by atoms with E-state index in [1.54, 1.807) is 47.9 Å². The van der Waals surface area contributed by atoms with Crippen LogP contribution in [0.2, 0.25) is 0 Å². The van der Waals surface area contributed by atoms with Crippen LogP contribution >= 0.6 is 11.8 Å². The molecule has 0 bridgehead atoms. The van der Waals surface area contributed by atoms with E-state index in [0.29, 0.717) is 47.1 Å². The van der Waals surface area contributed by atoms with Crippen LogP contribution < -0.4 is 10.9 Å². The molecule has 1 fully saturated rings. The number of nitrogens with one attached hydrogen (secondary N) is 1. The summed E-state index contributed by atoms with van der Waals surface area (Å²) in [4.78, 5) is 42.1. The zero-order chi connectivity index (χ0) is 23.2. The molecule has 0 spiro atoms. The lowest BCUT2D eigenvalue weighted by Crippen LogP contribution is -2.29. The summed E-state index contributed by atoms with van der Waals surface area (Å²) in [7, 11) is 0. The molecule has 1 amide bonds. The van der Waals surface area contributed by atoms with Gasteiger partial charge in [-0.1, -0.05) is 23.9 Å². The number of benzene rings is 2. The van der Waals surface area contributed by atoms with E-state index in [9.17, 15) is 14.4 Å². The molecular weight excluding hydrogens is 442 g/mol. The van der Waals surface area contributed by atoms with Gasteiger partial charge in [-0.15, -0.1) is 0 Å². The second kappa shape index (κ2) is 10.6. The number of fused-ring (bicyclic) bond motifs is 1. The highest BCUT2D eigenvalue weighted by Gasteiger charge is 2.20. The van der Waals surface area contributed by atoms with Crippen molar-refractivity contribution in [3.05, 3.63) is 64.4 Å². The predicted molar refractivity (Wildman–Crippen MR) is 127 cm³/mol. The summed E-state index contributed by atoms with van der Waals surface area (Å²) in [6, 6.07) is 13.7. The predicted octanol–water partition coefficient (Wildman–Crippen LogP) is 3.48. The number of hydrogen-bond donors (Lipinski definition) is 1. The minimum absolute atomic E-state index is 0.0308. The number of esters is 1. The van der Waals surface area contributed by atoms with Gasteiger partial charge < -0.3 is 14.8 Å². The van der Waals surface area contributed by atoms with Crippen molar-refractivity contribution in [3.8, 4) is 0 Å². The molecule has 2 heterocycles. The van der Waals surface area contributed by atoms with Crippen molar-refractivity contribution in [2.24, 2.45) is 0 Å². The number of aromatic nitrogens is 2. The molecule has 0 aliphatic carbocycles. The first kappa shape index (κ1) is 23.0. The fourth-order valence-corrected chi connectivity index (χ4v) is 4.45. The summed E-state index contributed by atoms with van der Waals surface area (Å²) >= 11 is 1.21. The lowest BCUT2D eigenvalue weighted by molar-refractivity contribution is -0.113. The summed E-state index contributed by atoms with van der Waals surface area (Å²) < 4.78 is 12.3. The fraction of sp³-hybridized carbons (Fsp3) is 0.333. The molecule has 1 saturated heterocycles. The van der Waals surface area contributed by atoms with Crippen molar-refractivity contribution in [2.45, 2.75) is 37.6 Å². The molecule has 0 radical (unpaired) electrons. The molecule has 4 rings (SSSR count). The Hall–Kier alpha value is -3.17. The highest BCUT2D eigenvalue weighted by molar-refractivity contribution is 7.99. The second-order valence-electron chi connectivity index (χ2n) is 7.60. The molecule has 1 aromatic heterocycles. The lowest BCUT2D eigenvalue weighted by Gasteiger charge is -2.16. The van der Waals surface area contributed by atoms with E-state index < -0.39 is 5.97 Å². The molecule has 1 N–H and O–H groups in total. The molecule has 1 aliphatic rings. The van der Waals surface area contributed by atoms with Crippen LogP contribution in [0.5, 0.6) is 0 Å². The van der Waals surface area contributed by atoms with Gasteiger partial charge in [0.05, 0.1) is 41.5 Å². The number of ether oxygens (including phenoxy) is 2. The molecule has 1 unspecified atom stereocenters. The molecule has 8 nitrogen and oxygen atoms in total. The van der Waals surface area contributed by atoms with Crippen molar-refractivity contribution in [3.63, 3.8) is 0 Å². The highest BCUT2D eigenvalue weighted by Crippen LogP contribution is 2.21. The first-order valence-corrected chi connectivity index (χ1v) is 11.8. The average molecular weight is 468 g/mol. The maximum Gasteiger partial charge on any atom is 0.338 e. The van der Waals surface area contributed by atoms with Gasteiger partial charge in [0.2, 0.25) is 5.91 Å². The minimum atomic E-state index is -0.405. The van der Waals surface area contributed by atoms with Gasteiger partial charge in [0.15, 0.2) is 5.16 Å². The Bertz CT molecular complexity index is 1200. The Balaban J connectivity index is 1.47. The number of anilines is 1. The zero-order valence-electron chi connectivity index (χ0n) is 18.3. The van der Waals surface area contributed by atoms with Gasteiger partial charge in [-0.2, -0.15) is 0 Å². The van der Waals surface area contributed by atoms with Crippen molar-refractivity contribution < 1.29 is 19.1 Å². The third-order valence-corrected chi connectivity index (χ3v) is 6.23. The maximum absolute atomic E-state index is 13.1. The molecule has 33 heavy (non-hydrogen) atoms. The number of carbonyl (C=O) groups is 2. The number of carbonyl (C=O) groups excluding carboxylic acids is 2. The van der Waals surface area contributed by atoms with Crippen LogP contribution in [0.15, 0.2) is 58.5 Å². The number of hydrogen-bond acceptors (Lipinski definition) is 7. The number of para-hydroxylation sites is 1. The molecule has 3 aromatic rings. The van der Waals surface area contributed by atoms with Gasteiger partial charge in [0.1, 0.15) is 0 Å². The van der Waals surface area contributed by atoms with E-state index in [0.717, 1.165) is 12.8 Å². The van der Waals surface area contributed by atoms with Gasteiger partial charge in [0.25, 0.3) is 5.56 Å². The standard InChI is InChI=1S/C24H25N3O5S/c1-2-31-23(30)16-9-11-17(12-10-16)25-21(28)15-33-24-26-20-8-4-3-7-19(20)22(29)27(24)14-18-6-5-13-32-18/h3-4,7-12,18H,2,5-6,13-15H2,1H3,(H,25,28). The van der Waals surface area contributed by atoms with Gasteiger partial charge in [-0.05, 0) is 56.2 Å². The summed E-state index contributed by atoms with van der Waals surface area (Å²) in [6.07, 6.45) is 1.84. The topological polar surface area (TPSA) is 99.5 Å². The zero-order valence-corrected chi connectivity index (χ0v) is 19.1. The number of rotatable bonds is 8. The van der Waals surface area contributed by atoms with E-state index >= 15 is 0 Å². The van der Waals surface area contributed by atoms with Crippen LogP contribution in [0, 0.1) is 0 Å². The van der Waals surface area contributed by atoms with Gasteiger partial charge in [-0.3, -0.25) is 14.2 Å². The molecule has 0 saturated carbocycles. The molecular formula is C24H25N3O5S. The third kappa shape index (κ3) is 5.61. The Morgan fingerprint density at radius 1 is 1.21 bits per heavy atom. The van der Waals surface area contributed by atoms with Gasteiger partial charge in [0, 0.05) is 12.3 Å². The summed E-state index contributed by atoms with van der Waals surface area (Å²) in [6.45, 7) is 3.15. The van der Waals surface area contributed by atoms with E-state index in [-0.39, 0.29) is 23.3 Å². The van der Waals surface area contributed by atoms with Crippen molar-refractivity contribution in [1.82, 2.24) is 9.55 Å². The quantitative estimate of drug-likeness (QED) is 0.308. The normalized spacial score (nSPS) is 15.5. The monoisotopic (exact) mass is 467 g/mol. The Labute approximate surface area is 195 Å². The second-order valence-corrected chi connectivity index (χ2v) is 8.54. The van der Waals surface area contributed by atoms with Crippen LogP contribution in [0.4, 0.5) is 5.69 Å². The van der Waals surface area contributed by atoms with Crippen LogP contribution in [-0.4, -0.2) is 46.5 Å². The molecule has 9 heteroatoms. The van der Waals surface area contributed by atoms with E-state index in [1.807, 2.05) is 12.1 Å². The first-order chi connectivity index (χ1) is 16.0. The van der Waals surface area contributed by atoms with E-state index in [1.165, 1.54) is 11.8 Å². The molecule has 172 valence electrons. The Morgan fingerprint density at radius 3 is 2.73 bits per heavy atom. The number of amides is 1. The van der Waals surface area contributed by atoms with Crippen molar-refractivity contribution >= 4 is 40.2 Å². The summed E-state index contributed by atoms with van der Waals surface area (Å²) in [5, 5.41) is 3.84. The lowest BCUT2D eigenvalue weighted by atomic mass is 10.2. The van der Waals surface area contributed by atoms with Crippen LogP contribution in [0.25, 0.3) is 10.9 Å². The number of nitrogens with zero attached hydrogens (tertiary/aromatic N) is 2. The fourth-order valence-electron chi connectivity index (χ4n) is 3.64. The number of thioether (sulfide) groups is 1. The van der Waals surface area contributed by atoms with Crippen LogP contribution in [0.3, 0.4) is 0 Å². The third-order valence-electron chi connectivity index (χ3n) is 5.25. The SMILES string of the molecule is CCOC(=O)c1ccc(NC(=O)CSc2nc3ccccc3c(=O)n2CC2CCCO2)cc1. The molecule has 2 aromatic carbocycles. The maximum atomic E-state index is 13.1. The Kier molecular flexibility index (Phi) is 7.41. The molecule has 1 atom stereocenters. The smallest absolute Gasteiger partial charge is 0.338 e. The molecule has 1 aliphatic heterocycles. The average Bonchev–Trinajstić information content (AvgIpc) is 3.34.